The largest absolute Gasteiger partial charge is 0.459 e. The molecule has 6 atom stereocenters. The first kappa shape index (κ1) is 46.1. The average Bonchev–Trinajstić information content (AvgIpc) is 3.55. The van der Waals surface area contributed by atoms with E-state index in [2.05, 4.69) is 31.6 Å². The minimum atomic E-state index is -1.35. The second-order valence-electron chi connectivity index (χ2n) is 16.2. The highest BCUT2D eigenvalue weighted by Crippen LogP contribution is 2.20. The van der Waals surface area contributed by atoms with Crippen LogP contribution in [-0.4, -0.2) is 81.9 Å². The molecule has 14 heteroatoms. The molecule has 14 nitrogen and oxygen atoms in total. The summed E-state index contributed by atoms with van der Waals surface area (Å²) in [5.74, 6) is -4.38. The van der Waals surface area contributed by atoms with Gasteiger partial charge in [0.2, 0.25) is 29.5 Å². The zero-order valence-corrected chi connectivity index (χ0v) is 34.7. The smallest absolute Gasteiger partial charge is 0.329 e. The lowest BCUT2D eigenvalue weighted by atomic mass is 9.95. The molecule has 1 aromatic heterocycles. The predicted octanol–water partition coefficient (Wildman–Crippen LogP) is 3.66. The summed E-state index contributed by atoms with van der Waals surface area (Å²) in [5.41, 5.74) is 2.51. The van der Waals surface area contributed by atoms with Gasteiger partial charge in [0.15, 0.2) is 0 Å². The molecule has 0 aliphatic heterocycles. The fraction of sp³-hybridized carbons (Fsp3) is 0.535. The summed E-state index contributed by atoms with van der Waals surface area (Å²) in [4.78, 5) is 82.7. The molecule has 0 aliphatic carbocycles. The SMILES string of the molecule is CC(=O)N[C@@H](Cc1c[nH]c2ccccc12)C(=O)N[C@H](C(=O)N[C@@H](CC(C)C)[C@@H](O)CC(=O)N[C@H](C(=O)N[C@H](C(=O)OCc1ccccc1)C(C)C)C(C)C)C(C)C. The predicted molar refractivity (Wildman–Crippen MR) is 218 cm³/mol. The highest BCUT2D eigenvalue weighted by atomic mass is 16.5. The van der Waals surface area contributed by atoms with Crippen LogP contribution in [0, 0.1) is 23.7 Å². The molecule has 5 amide bonds. The van der Waals surface area contributed by atoms with E-state index in [1.54, 1.807) is 47.7 Å². The van der Waals surface area contributed by atoms with Crippen molar-refractivity contribution in [2.75, 3.05) is 0 Å². The third-order valence-corrected chi connectivity index (χ3v) is 9.66. The Morgan fingerprint density at radius 1 is 0.684 bits per heavy atom. The van der Waals surface area contributed by atoms with E-state index in [-0.39, 0.29) is 36.7 Å². The normalized spacial score (nSPS) is 14.7. The standard InChI is InChI=1S/C43H62N6O8/c1-24(2)19-33(46-41(54)38(26(5)6)48-40(53)34(45-28(9)50)20-30-22-44-32-18-14-13-17-31(30)32)35(51)21-36(52)47-37(25(3)4)42(55)49-39(27(7)8)43(56)57-23-29-15-11-10-12-16-29/h10-18,22,24-27,33-35,37-39,44,51H,19-21,23H2,1-9H3,(H,45,50)(H,46,54)(H,47,52)(H,48,53)(H,49,55)/t33-,34-,35-,37-,38-,39-/m0/s1. The Morgan fingerprint density at radius 2 is 1.25 bits per heavy atom. The molecule has 0 spiro atoms. The first-order valence-corrected chi connectivity index (χ1v) is 19.8. The number of hydrogen-bond acceptors (Lipinski definition) is 8. The minimum absolute atomic E-state index is 0.00391. The van der Waals surface area contributed by atoms with Crippen molar-refractivity contribution < 1.29 is 38.6 Å². The highest BCUT2D eigenvalue weighted by Gasteiger charge is 2.35. The van der Waals surface area contributed by atoms with Crippen molar-refractivity contribution in [3.8, 4) is 0 Å². The van der Waals surface area contributed by atoms with Crippen molar-refractivity contribution in [3.05, 3.63) is 71.9 Å². The number of aromatic amines is 1. The van der Waals surface area contributed by atoms with E-state index in [9.17, 15) is 33.9 Å². The van der Waals surface area contributed by atoms with Crippen LogP contribution >= 0.6 is 0 Å². The number of rotatable bonds is 21. The molecule has 3 rings (SSSR count). The molecule has 57 heavy (non-hydrogen) atoms. The molecule has 0 aliphatic rings. The van der Waals surface area contributed by atoms with Crippen molar-refractivity contribution in [2.45, 2.75) is 124 Å². The maximum atomic E-state index is 13.8. The molecule has 0 fully saturated rings. The van der Waals surface area contributed by atoms with Crippen molar-refractivity contribution >= 4 is 46.4 Å². The van der Waals surface area contributed by atoms with Gasteiger partial charge < -0.3 is 41.4 Å². The number of carbonyl (C=O) groups excluding carboxylic acids is 6. The lowest BCUT2D eigenvalue weighted by Gasteiger charge is -2.30. The Hall–Kier alpha value is -5.24. The van der Waals surface area contributed by atoms with Crippen LogP contribution in [0.2, 0.25) is 0 Å². The number of benzene rings is 2. The molecule has 0 saturated carbocycles. The lowest BCUT2D eigenvalue weighted by Crippen LogP contribution is -2.58. The van der Waals surface area contributed by atoms with Gasteiger partial charge in [0.25, 0.3) is 0 Å². The van der Waals surface area contributed by atoms with Crippen LogP contribution in [-0.2, 0) is 46.5 Å². The summed E-state index contributed by atoms with van der Waals surface area (Å²) in [5, 5.41) is 26.1. The van der Waals surface area contributed by atoms with E-state index in [1.165, 1.54) is 6.92 Å². The van der Waals surface area contributed by atoms with Crippen LogP contribution in [0.1, 0.15) is 86.3 Å². The molecule has 7 N–H and O–H groups in total. The molecule has 312 valence electrons. The summed E-state index contributed by atoms with van der Waals surface area (Å²) >= 11 is 0. The summed E-state index contributed by atoms with van der Waals surface area (Å²) < 4.78 is 5.48. The van der Waals surface area contributed by atoms with Gasteiger partial charge in [0.1, 0.15) is 30.8 Å². The number of aromatic nitrogens is 1. The van der Waals surface area contributed by atoms with E-state index >= 15 is 0 Å². The monoisotopic (exact) mass is 790 g/mol. The fourth-order valence-corrected chi connectivity index (χ4v) is 6.52. The van der Waals surface area contributed by atoms with E-state index in [0.717, 1.165) is 22.0 Å². The second-order valence-corrected chi connectivity index (χ2v) is 16.2. The molecule has 2 aromatic carbocycles. The number of para-hydroxylation sites is 1. The van der Waals surface area contributed by atoms with Crippen molar-refractivity contribution in [1.29, 1.82) is 0 Å². The Labute approximate surface area is 336 Å². The minimum Gasteiger partial charge on any atom is -0.459 e. The Kier molecular flexibility index (Phi) is 17.7. The lowest BCUT2D eigenvalue weighted by molar-refractivity contribution is -0.150. The first-order valence-electron chi connectivity index (χ1n) is 19.8. The zero-order valence-electron chi connectivity index (χ0n) is 34.7. The second kappa shape index (κ2) is 21.9. The molecule has 3 aromatic rings. The van der Waals surface area contributed by atoms with Crippen molar-refractivity contribution in [1.82, 2.24) is 31.6 Å². The number of H-pyrrole nitrogens is 1. The third-order valence-electron chi connectivity index (χ3n) is 9.66. The van der Waals surface area contributed by atoms with Gasteiger partial charge in [-0.15, -0.1) is 0 Å². The van der Waals surface area contributed by atoms with E-state index in [4.69, 9.17) is 4.74 Å². The maximum Gasteiger partial charge on any atom is 0.329 e. The Morgan fingerprint density at radius 3 is 1.84 bits per heavy atom. The Bertz CT molecular complexity index is 1810. The Balaban J connectivity index is 1.67. The molecular weight excluding hydrogens is 729 g/mol. The molecule has 0 radical (unpaired) electrons. The van der Waals surface area contributed by atoms with E-state index in [0.29, 0.717) is 6.42 Å². The molecule has 0 saturated heterocycles. The number of hydrogen-bond donors (Lipinski definition) is 7. The van der Waals surface area contributed by atoms with Gasteiger partial charge in [-0.05, 0) is 47.3 Å². The van der Waals surface area contributed by atoms with Gasteiger partial charge in [0.05, 0.1) is 18.6 Å². The van der Waals surface area contributed by atoms with Crippen molar-refractivity contribution in [2.24, 2.45) is 23.7 Å². The van der Waals surface area contributed by atoms with Gasteiger partial charge in [-0.1, -0.05) is 104 Å². The van der Waals surface area contributed by atoms with Crippen LogP contribution in [0.25, 0.3) is 10.9 Å². The number of nitrogens with one attached hydrogen (secondary N) is 6. The zero-order chi connectivity index (χ0) is 42.4. The van der Waals surface area contributed by atoms with E-state index in [1.807, 2.05) is 68.4 Å². The number of carbonyl (C=O) groups is 6. The van der Waals surface area contributed by atoms with Crippen LogP contribution in [0.15, 0.2) is 60.8 Å². The summed E-state index contributed by atoms with van der Waals surface area (Å²) in [6.07, 6.45) is 0.493. The van der Waals surface area contributed by atoms with E-state index < -0.39 is 78.2 Å². The topological polar surface area (TPSA) is 208 Å². The average molecular weight is 791 g/mol. The van der Waals surface area contributed by atoms with Crippen LogP contribution in [0.3, 0.4) is 0 Å². The summed E-state index contributed by atoms with van der Waals surface area (Å²) in [6, 6.07) is 11.9. The quantitative estimate of drug-likeness (QED) is 0.0791. The molecule has 1 heterocycles. The third kappa shape index (κ3) is 14.3. The molecular formula is C43H62N6O8. The maximum absolute atomic E-state index is 13.8. The van der Waals surface area contributed by atoms with Crippen molar-refractivity contribution in [3.63, 3.8) is 0 Å². The van der Waals surface area contributed by atoms with Gasteiger partial charge in [-0.3, -0.25) is 24.0 Å². The number of ether oxygens (including phenoxy) is 1. The molecule has 0 unspecified atom stereocenters. The van der Waals surface area contributed by atoms with Crippen LogP contribution in [0.4, 0.5) is 0 Å². The summed E-state index contributed by atoms with van der Waals surface area (Å²) in [7, 11) is 0. The number of aliphatic hydroxyl groups excluding tert-OH is 1. The van der Waals surface area contributed by atoms with Gasteiger partial charge in [0, 0.05) is 30.4 Å². The van der Waals surface area contributed by atoms with Gasteiger partial charge >= 0.3 is 5.97 Å². The van der Waals surface area contributed by atoms with Crippen LogP contribution < -0.4 is 26.6 Å². The van der Waals surface area contributed by atoms with Gasteiger partial charge in [-0.25, -0.2) is 4.79 Å². The summed E-state index contributed by atoms with van der Waals surface area (Å²) in [6.45, 7) is 15.8. The van der Waals surface area contributed by atoms with Crippen LogP contribution in [0.5, 0.6) is 0 Å². The number of amides is 5. The number of fused-ring (bicyclic) bond motifs is 1. The number of aliphatic hydroxyl groups is 1. The molecule has 0 bridgehead atoms. The number of esters is 1. The highest BCUT2D eigenvalue weighted by molar-refractivity contribution is 5.93. The fourth-order valence-electron chi connectivity index (χ4n) is 6.52. The van der Waals surface area contributed by atoms with Gasteiger partial charge in [-0.2, -0.15) is 0 Å². The first-order chi connectivity index (χ1) is 26.9.